The van der Waals surface area contributed by atoms with E-state index in [-0.39, 0.29) is 10.9 Å². The van der Waals surface area contributed by atoms with Crippen molar-refractivity contribution in [3.8, 4) is 5.75 Å². The Labute approximate surface area is 107 Å². The van der Waals surface area contributed by atoms with Crippen molar-refractivity contribution in [2.24, 2.45) is 5.73 Å². The van der Waals surface area contributed by atoms with Gasteiger partial charge in [0.15, 0.2) is 0 Å². The number of hydrogen-bond donors (Lipinski definition) is 4. The molecule has 90 valence electrons. The minimum atomic E-state index is -0.584. The quantitative estimate of drug-likeness (QED) is 0.506. The molecule has 0 saturated heterocycles. The number of aromatic amines is 1. The van der Waals surface area contributed by atoms with Crippen molar-refractivity contribution in [2.75, 3.05) is 0 Å². The van der Waals surface area contributed by atoms with Crippen LogP contribution in [-0.4, -0.2) is 21.2 Å². The molecule has 6 heteroatoms. The van der Waals surface area contributed by atoms with E-state index in [1.165, 1.54) is 0 Å². The number of benzene rings is 1. The van der Waals surface area contributed by atoms with Gasteiger partial charge in [-0.15, -0.1) is 11.7 Å². The third-order valence-electron chi connectivity index (χ3n) is 2.58. The fourth-order valence-corrected chi connectivity index (χ4v) is 2.35. The van der Waals surface area contributed by atoms with Gasteiger partial charge in [-0.1, -0.05) is 0 Å². The highest BCUT2D eigenvalue weighted by atomic mass is 33.1. The van der Waals surface area contributed by atoms with Gasteiger partial charge in [-0.05, 0) is 41.0 Å². The van der Waals surface area contributed by atoms with Crippen LogP contribution in [0.15, 0.2) is 24.4 Å². The van der Waals surface area contributed by atoms with Gasteiger partial charge >= 0.3 is 0 Å². The fourth-order valence-electron chi connectivity index (χ4n) is 1.72. The van der Waals surface area contributed by atoms with E-state index in [1.807, 2.05) is 0 Å². The van der Waals surface area contributed by atoms with Crippen LogP contribution in [0, 0.1) is 0 Å². The molecule has 4 N–H and O–H groups in total. The van der Waals surface area contributed by atoms with Crippen molar-refractivity contribution >= 4 is 38.5 Å². The predicted molar refractivity (Wildman–Crippen MR) is 73.2 cm³/mol. The number of thiol groups is 1. The number of phenolic OH excluding ortho intramolecular Hbond substituents is 1. The van der Waals surface area contributed by atoms with Crippen LogP contribution in [0.25, 0.3) is 10.9 Å². The monoisotopic (exact) mass is 268 g/mol. The van der Waals surface area contributed by atoms with Crippen LogP contribution in [-0.2, 0) is 11.2 Å². The van der Waals surface area contributed by atoms with Crippen molar-refractivity contribution in [3.63, 3.8) is 0 Å². The standard InChI is InChI=1S/C11H12N2O2S2/c12-9(11(15)17-16)3-6-5-13-10-2-1-7(14)4-8(6)10/h1-2,4-5,9,13-14,16H,3,12H2/t9-/m0/s1. The van der Waals surface area contributed by atoms with Crippen LogP contribution >= 0.6 is 22.5 Å². The van der Waals surface area contributed by atoms with Crippen molar-refractivity contribution in [1.29, 1.82) is 0 Å². The maximum absolute atomic E-state index is 11.3. The van der Waals surface area contributed by atoms with Crippen molar-refractivity contribution < 1.29 is 9.90 Å². The molecule has 0 fully saturated rings. The molecule has 2 aromatic rings. The number of aromatic nitrogens is 1. The second-order valence-electron chi connectivity index (χ2n) is 3.76. The van der Waals surface area contributed by atoms with Gasteiger partial charge in [-0.25, -0.2) is 0 Å². The Balaban J connectivity index is 2.30. The van der Waals surface area contributed by atoms with E-state index in [9.17, 15) is 9.90 Å². The number of rotatable bonds is 3. The Hall–Kier alpha value is -1.11. The van der Waals surface area contributed by atoms with Gasteiger partial charge in [0.05, 0.1) is 6.04 Å². The lowest BCUT2D eigenvalue weighted by atomic mass is 10.1. The molecule has 1 aromatic carbocycles. The summed E-state index contributed by atoms with van der Waals surface area (Å²) in [4.78, 5) is 14.4. The first-order chi connectivity index (χ1) is 8.11. The van der Waals surface area contributed by atoms with Gasteiger partial charge in [-0.3, -0.25) is 4.79 Å². The van der Waals surface area contributed by atoms with E-state index in [1.54, 1.807) is 24.4 Å². The number of nitrogens with one attached hydrogen (secondary N) is 1. The van der Waals surface area contributed by atoms with Crippen LogP contribution in [0.1, 0.15) is 5.56 Å². The Morgan fingerprint density at radius 3 is 3.06 bits per heavy atom. The molecule has 0 bridgehead atoms. The lowest BCUT2D eigenvalue weighted by molar-refractivity contribution is -0.111. The number of carbonyl (C=O) groups is 1. The van der Waals surface area contributed by atoms with E-state index in [0.29, 0.717) is 6.42 Å². The number of hydrogen-bond acceptors (Lipinski definition) is 5. The van der Waals surface area contributed by atoms with E-state index >= 15 is 0 Å². The molecule has 0 aliphatic carbocycles. The first kappa shape index (κ1) is 12.3. The molecule has 0 unspecified atom stereocenters. The first-order valence-corrected chi connectivity index (χ1v) is 6.88. The van der Waals surface area contributed by atoms with Gasteiger partial charge in [0, 0.05) is 17.1 Å². The molecule has 0 aliphatic heterocycles. The third-order valence-corrected chi connectivity index (χ3v) is 3.61. The summed E-state index contributed by atoms with van der Waals surface area (Å²) in [5.74, 6) is 0.196. The number of nitrogens with two attached hydrogens (primary N) is 1. The zero-order chi connectivity index (χ0) is 12.4. The van der Waals surface area contributed by atoms with Crippen LogP contribution in [0.3, 0.4) is 0 Å². The molecule has 1 heterocycles. The predicted octanol–water partition coefficient (Wildman–Crippen LogP) is 1.85. The number of H-pyrrole nitrogens is 1. The summed E-state index contributed by atoms with van der Waals surface area (Å²) < 4.78 is 0. The van der Waals surface area contributed by atoms with Gasteiger partial charge in [0.1, 0.15) is 5.75 Å². The molecule has 4 nitrogen and oxygen atoms in total. The number of phenols is 1. The number of aromatic hydroxyl groups is 1. The highest BCUT2D eigenvalue weighted by Crippen LogP contribution is 2.24. The lowest BCUT2D eigenvalue weighted by Gasteiger charge is -2.07. The van der Waals surface area contributed by atoms with E-state index in [0.717, 1.165) is 27.3 Å². The summed E-state index contributed by atoms with van der Waals surface area (Å²) in [6, 6.07) is 4.47. The maximum Gasteiger partial charge on any atom is 0.216 e. The number of fused-ring (bicyclic) bond motifs is 1. The average molecular weight is 268 g/mol. The van der Waals surface area contributed by atoms with E-state index in [4.69, 9.17) is 5.73 Å². The third kappa shape index (κ3) is 2.59. The second-order valence-corrected chi connectivity index (χ2v) is 4.90. The van der Waals surface area contributed by atoms with Gasteiger partial charge in [-0.2, -0.15) is 0 Å². The van der Waals surface area contributed by atoms with Gasteiger partial charge < -0.3 is 15.8 Å². The molecular weight excluding hydrogens is 256 g/mol. The molecule has 0 spiro atoms. The van der Waals surface area contributed by atoms with Crippen LogP contribution in [0.2, 0.25) is 0 Å². The highest BCUT2D eigenvalue weighted by molar-refractivity contribution is 8.74. The minimum absolute atomic E-state index is 0.164. The van der Waals surface area contributed by atoms with Crippen molar-refractivity contribution in [3.05, 3.63) is 30.0 Å². The Bertz CT molecular complexity index is 553. The van der Waals surface area contributed by atoms with E-state index < -0.39 is 6.04 Å². The molecule has 17 heavy (non-hydrogen) atoms. The van der Waals surface area contributed by atoms with Crippen LogP contribution in [0.4, 0.5) is 0 Å². The zero-order valence-corrected chi connectivity index (χ0v) is 10.6. The molecule has 1 atom stereocenters. The Morgan fingerprint density at radius 1 is 1.59 bits per heavy atom. The van der Waals surface area contributed by atoms with Gasteiger partial charge in [0.25, 0.3) is 0 Å². The maximum atomic E-state index is 11.3. The summed E-state index contributed by atoms with van der Waals surface area (Å²) in [5, 5.41) is 10.2. The smallest absolute Gasteiger partial charge is 0.216 e. The molecule has 1 aromatic heterocycles. The molecule has 0 radical (unpaired) electrons. The van der Waals surface area contributed by atoms with E-state index in [2.05, 4.69) is 16.6 Å². The summed E-state index contributed by atoms with van der Waals surface area (Å²) in [7, 11) is 0.834. The van der Waals surface area contributed by atoms with Gasteiger partial charge in [0.2, 0.25) is 5.12 Å². The largest absolute Gasteiger partial charge is 0.508 e. The second kappa shape index (κ2) is 5.03. The van der Waals surface area contributed by atoms with Crippen molar-refractivity contribution in [1.82, 2.24) is 4.98 Å². The summed E-state index contributed by atoms with van der Waals surface area (Å²) in [5.41, 5.74) is 7.58. The van der Waals surface area contributed by atoms with Crippen LogP contribution in [0.5, 0.6) is 5.75 Å². The van der Waals surface area contributed by atoms with Crippen molar-refractivity contribution in [2.45, 2.75) is 12.5 Å². The number of carbonyl (C=O) groups excluding carboxylic acids is 1. The average Bonchev–Trinajstić information content (AvgIpc) is 2.71. The minimum Gasteiger partial charge on any atom is -0.508 e. The normalized spacial score (nSPS) is 12.8. The lowest BCUT2D eigenvalue weighted by Crippen LogP contribution is -2.29. The highest BCUT2D eigenvalue weighted by Gasteiger charge is 2.15. The molecular formula is C11H12N2O2S2. The molecule has 2 rings (SSSR count). The Kier molecular flexibility index (Phi) is 3.66. The Morgan fingerprint density at radius 2 is 2.35 bits per heavy atom. The first-order valence-electron chi connectivity index (χ1n) is 5.01. The summed E-state index contributed by atoms with van der Waals surface area (Å²) in [6.07, 6.45) is 2.23. The summed E-state index contributed by atoms with van der Waals surface area (Å²) >= 11 is 3.84. The summed E-state index contributed by atoms with van der Waals surface area (Å²) in [6.45, 7) is 0. The molecule has 0 amide bonds. The SMILES string of the molecule is N[C@@H](Cc1c[nH]c2ccc(O)cc12)C(=O)SS. The van der Waals surface area contributed by atoms with Crippen LogP contribution < -0.4 is 5.73 Å². The molecule has 0 saturated carbocycles. The topological polar surface area (TPSA) is 79.1 Å². The zero-order valence-electron chi connectivity index (χ0n) is 8.88. The fraction of sp³-hybridized carbons (Fsp3) is 0.182. The molecule has 0 aliphatic rings.